The van der Waals surface area contributed by atoms with Crippen molar-refractivity contribution < 1.29 is 0 Å². The number of hydrogen-bond donors (Lipinski definition) is 2. The van der Waals surface area contributed by atoms with Crippen LogP contribution in [0.3, 0.4) is 0 Å². The van der Waals surface area contributed by atoms with Gasteiger partial charge in [0.15, 0.2) is 0 Å². The molecule has 1 aromatic carbocycles. The second-order valence-electron chi connectivity index (χ2n) is 5.36. The van der Waals surface area contributed by atoms with Gasteiger partial charge in [-0.05, 0) is 18.6 Å². The molecule has 21 heavy (non-hydrogen) atoms. The van der Waals surface area contributed by atoms with Crippen molar-refractivity contribution in [3.8, 4) is 0 Å². The Morgan fingerprint density at radius 2 is 1.71 bits per heavy atom. The van der Waals surface area contributed by atoms with Gasteiger partial charge in [-0.25, -0.2) is 4.98 Å². The Balaban J connectivity index is 1.91. The number of nitrogens with zero attached hydrogens (tertiary/aromatic N) is 2. The number of benzene rings is 1. The quantitative estimate of drug-likeness (QED) is 0.669. The minimum absolute atomic E-state index is 0.666. The Morgan fingerprint density at radius 1 is 0.952 bits per heavy atom. The van der Waals surface area contributed by atoms with Crippen molar-refractivity contribution in [1.29, 1.82) is 0 Å². The topological polar surface area (TPSA) is 49.8 Å². The predicted octanol–water partition coefficient (Wildman–Crippen LogP) is 4.44. The van der Waals surface area contributed by atoms with E-state index in [1.165, 1.54) is 38.5 Å². The van der Waals surface area contributed by atoms with Crippen LogP contribution in [-0.4, -0.2) is 23.6 Å². The SMILES string of the molecule is CCCCCCCCNc1nc(NC)nc2ccccc12. The van der Waals surface area contributed by atoms with E-state index in [-0.39, 0.29) is 0 Å². The summed E-state index contributed by atoms with van der Waals surface area (Å²) in [6, 6.07) is 8.12. The maximum absolute atomic E-state index is 4.53. The Kier molecular flexibility index (Phi) is 6.25. The van der Waals surface area contributed by atoms with Crippen molar-refractivity contribution in [2.45, 2.75) is 45.4 Å². The van der Waals surface area contributed by atoms with E-state index in [0.717, 1.165) is 23.3 Å². The van der Waals surface area contributed by atoms with Crippen LogP contribution in [0.25, 0.3) is 10.9 Å². The van der Waals surface area contributed by atoms with Crippen LogP contribution in [0.15, 0.2) is 24.3 Å². The lowest BCUT2D eigenvalue weighted by molar-refractivity contribution is 0.617. The summed E-state index contributed by atoms with van der Waals surface area (Å²) in [7, 11) is 1.85. The molecule has 0 aliphatic carbocycles. The van der Waals surface area contributed by atoms with Gasteiger partial charge in [0.1, 0.15) is 5.82 Å². The molecule has 1 aromatic heterocycles. The van der Waals surface area contributed by atoms with E-state index in [2.05, 4.69) is 33.6 Å². The number of aromatic nitrogens is 2. The van der Waals surface area contributed by atoms with E-state index in [4.69, 9.17) is 0 Å². The lowest BCUT2D eigenvalue weighted by Crippen LogP contribution is -2.07. The van der Waals surface area contributed by atoms with Gasteiger partial charge < -0.3 is 10.6 Å². The average Bonchev–Trinajstić information content (AvgIpc) is 2.53. The maximum Gasteiger partial charge on any atom is 0.224 e. The molecule has 0 saturated carbocycles. The molecule has 0 atom stereocenters. The summed E-state index contributed by atoms with van der Waals surface area (Å²) in [6.45, 7) is 3.22. The molecule has 2 N–H and O–H groups in total. The van der Waals surface area contributed by atoms with Crippen LogP contribution < -0.4 is 10.6 Å². The highest BCUT2D eigenvalue weighted by Crippen LogP contribution is 2.21. The van der Waals surface area contributed by atoms with E-state index < -0.39 is 0 Å². The van der Waals surface area contributed by atoms with Crippen LogP contribution in [0, 0.1) is 0 Å². The summed E-state index contributed by atoms with van der Waals surface area (Å²) in [5, 5.41) is 7.57. The molecule has 4 nitrogen and oxygen atoms in total. The Labute approximate surface area is 127 Å². The van der Waals surface area contributed by atoms with Crippen molar-refractivity contribution in [2.24, 2.45) is 0 Å². The van der Waals surface area contributed by atoms with Crippen LogP contribution in [0.1, 0.15) is 45.4 Å². The third kappa shape index (κ3) is 4.59. The zero-order valence-electron chi connectivity index (χ0n) is 13.2. The Hall–Kier alpha value is -1.84. The average molecular weight is 286 g/mol. The van der Waals surface area contributed by atoms with Gasteiger partial charge in [0.05, 0.1) is 5.52 Å². The minimum atomic E-state index is 0.666. The standard InChI is InChI=1S/C17H26N4/c1-3-4-5-6-7-10-13-19-16-14-11-8-9-12-15(14)20-17(18-2)21-16/h8-9,11-12H,3-7,10,13H2,1-2H3,(H2,18,19,20,21). The van der Waals surface area contributed by atoms with Crippen LogP contribution in [0.4, 0.5) is 11.8 Å². The summed E-state index contributed by atoms with van der Waals surface area (Å²) in [5.41, 5.74) is 0.974. The molecule has 114 valence electrons. The van der Waals surface area contributed by atoms with Crippen molar-refractivity contribution in [2.75, 3.05) is 24.2 Å². The molecule has 0 bridgehead atoms. The highest BCUT2D eigenvalue weighted by Gasteiger charge is 2.05. The zero-order valence-corrected chi connectivity index (χ0v) is 13.2. The van der Waals surface area contributed by atoms with E-state index in [9.17, 15) is 0 Å². The van der Waals surface area contributed by atoms with Gasteiger partial charge in [-0.1, -0.05) is 51.2 Å². The summed E-state index contributed by atoms with van der Waals surface area (Å²) in [5.74, 6) is 1.60. The molecule has 0 aliphatic heterocycles. The fourth-order valence-corrected chi connectivity index (χ4v) is 2.44. The van der Waals surface area contributed by atoms with Gasteiger partial charge in [0.2, 0.25) is 5.95 Å². The van der Waals surface area contributed by atoms with E-state index >= 15 is 0 Å². The molecule has 0 saturated heterocycles. The fourth-order valence-electron chi connectivity index (χ4n) is 2.44. The van der Waals surface area contributed by atoms with Gasteiger partial charge in [-0.2, -0.15) is 4.98 Å². The molecule has 2 aromatic rings. The number of para-hydroxylation sites is 1. The van der Waals surface area contributed by atoms with Gasteiger partial charge in [-0.15, -0.1) is 0 Å². The summed E-state index contributed by atoms with van der Waals surface area (Å²) >= 11 is 0. The molecule has 0 amide bonds. The lowest BCUT2D eigenvalue weighted by atomic mass is 10.1. The van der Waals surface area contributed by atoms with E-state index in [1.807, 2.05) is 25.2 Å². The van der Waals surface area contributed by atoms with E-state index in [1.54, 1.807) is 0 Å². The minimum Gasteiger partial charge on any atom is -0.369 e. The first kappa shape index (κ1) is 15.5. The van der Waals surface area contributed by atoms with E-state index in [0.29, 0.717) is 5.95 Å². The zero-order chi connectivity index (χ0) is 14.9. The number of rotatable bonds is 9. The first-order valence-corrected chi connectivity index (χ1v) is 8.03. The fraction of sp³-hybridized carbons (Fsp3) is 0.529. The van der Waals surface area contributed by atoms with Gasteiger partial charge in [0.25, 0.3) is 0 Å². The van der Waals surface area contributed by atoms with Gasteiger partial charge >= 0.3 is 0 Å². The normalized spacial score (nSPS) is 10.8. The third-order valence-electron chi connectivity index (χ3n) is 3.65. The monoisotopic (exact) mass is 286 g/mol. The molecule has 0 radical (unpaired) electrons. The lowest BCUT2D eigenvalue weighted by Gasteiger charge is -2.10. The molecule has 2 rings (SSSR count). The number of anilines is 2. The molecule has 1 heterocycles. The van der Waals surface area contributed by atoms with Gasteiger partial charge in [0, 0.05) is 19.0 Å². The smallest absolute Gasteiger partial charge is 0.224 e. The molecule has 0 spiro atoms. The second kappa shape index (κ2) is 8.45. The summed E-state index contributed by atoms with van der Waals surface area (Å²) in [6.07, 6.45) is 7.83. The van der Waals surface area contributed by atoms with Gasteiger partial charge in [-0.3, -0.25) is 0 Å². The Morgan fingerprint density at radius 3 is 2.52 bits per heavy atom. The largest absolute Gasteiger partial charge is 0.369 e. The van der Waals surface area contributed by atoms with Crippen molar-refractivity contribution in [3.05, 3.63) is 24.3 Å². The first-order chi connectivity index (χ1) is 10.3. The Bertz CT molecular complexity index is 553. The summed E-state index contributed by atoms with van der Waals surface area (Å²) in [4.78, 5) is 9.00. The molecule has 0 unspecified atom stereocenters. The second-order valence-corrected chi connectivity index (χ2v) is 5.36. The van der Waals surface area contributed by atoms with Crippen LogP contribution >= 0.6 is 0 Å². The highest BCUT2D eigenvalue weighted by molar-refractivity contribution is 5.89. The first-order valence-electron chi connectivity index (χ1n) is 8.03. The molecular formula is C17H26N4. The summed E-state index contributed by atoms with van der Waals surface area (Å²) < 4.78 is 0. The molecule has 0 aliphatic rings. The molecule has 4 heteroatoms. The van der Waals surface area contributed by atoms with Crippen LogP contribution in [0.5, 0.6) is 0 Å². The molecule has 0 fully saturated rings. The van der Waals surface area contributed by atoms with Crippen LogP contribution in [0.2, 0.25) is 0 Å². The number of hydrogen-bond acceptors (Lipinski definition) is 4. The highest BCUT2D eigenvalue weighted by atomic mass is 15.1. The third-order valence-corrected chi connectivity index (χ3v) is 3.65. The predicted molar refractivity (Wildman–Crippen MR) is 91.0 cm³/mol. The number of nitrogens with one attached hydrogen (secondary N) is 2. The maximum atomic E-state index is 4.53. The van der Waals surface area contributed by atoms with Crippen molar-refractivity contribution >= 4 is 22.7 Å². The van der Waals surface area contributed by atoms with Crippen LogP contribution in [-0.2, 0) is 0 Å². The number of unbranched alkanes of at least 4 members (excludes halogenated alkanes) is 5. The number of fused-ring (bicyclic) bond motifs is 1. The van der Waals surface area contributed by atoms with Crippen molar-refractivity contribution in [3.63, 3.8) is 0 Å². The molecular weight excluding hydrogens is 260 g/mol. The van der Waals surface area contributed by atoms with Crippen molar-refractivity contribution in [1.82, 2.24) is 9.97 Å².